The monoisotopic (exact) mass is 203 g/mol. The molecule has 0 saturated heterocycles. The lowest BCUT2D eigenvalue weighted by Crippen LogP contribution is -2.33. The molecule has 1 spiro atoms. The largest absolute Gasteiger partial charge is 0.478 e. The molecular formula is C12H13NO2. The van der Waals surface area contributed by atoms with Crippen LogP contribution in [0.25, 0.3) is 0 Å². The quantitative estimate of drug-likeness (QED) is 0.727. The second kappa shape index (κ2) is 2.83. The molecule has 78 valence electrons. The lowest BCUT2D eigenvalue weighted by atomic mass is 9.87. The molecule has 3 heteroatoms. The number of carbonyl (C=O) groups is 1. The van der Waals surface area contributed by atoms with E-state index < -0.39 is 5.97 Å². The predicted molar refractivity (Wildman–Crippen MR) is 56.0 cm³/mol. The number of benzene rings is 1. The normalized spacial score (nSPS) is 21.1. The smallest absolute Gasteiger partial charge is 0.335 e. The standard InChI is InChI=1S/C12H13NO2/c14-11(15)8-1-2-10-9(5-8)6-13-7-12(10)3-4-12/h1-2,5,13H,3-4,6-7H2,(H,14,15). The fourth-order valence-corrected chi connectivity index (χ4v) is 2.52. The van der Waals surface area contributed by atoms with Gasteiger partial charge in [0.15, 0.2) is 0 Å². The molecule has 3 rings (SSSR count). The molecular weight excluding hydrogens is 190 g/mol. The van der Waals surface area contributed by atoms with Crippen LogP contribution in [0.5, 0.6) is 0 Å². The van der Waals surface area contributed by atoms with Crippen molar-refractivity contribution in [1.82, 2.24) is 5.32 Å². The van der Waals surface area contributed by atoms with Crippen molar-refractivity contribution in [1.29, 1.82) is 0 Å². The Hall–Kier alpha value is -1.35. The maximum Gasteiger partial charge on any atom is 0.335 e. The van der Waals surface area contributed by atoms with Gasteiger partial charge in [-0.3, -0.25) is 0 Å². The second-order valence-electron chi connectivity index (χ2n) is 4.56. The van der Waals surface area contributed by atoms with Gasteiger partial charge >= 0.3 is 5.97 Å². The van der Waals surface area contributed by atoms with E-state index in [9.17, 15) is 4.79 Å². The van der Waals surface area contributed by atoms with Crippen LogP contribution in [0.15, 0.2) is 18.2 Å². The van der Waals surface area contributed by atoms with Gasteiger partial charge in [-0.1, -0.05) is 6.07 Å². The van der Waals surface area contributed by atoms with Crippen molar-refractivity contribution in [2.24, 2.45) is 0 Å². The minimum absolute atomic E-state index is 0.338. The van der Waals surface area contributed by atoms with Gasteiger partial charge in [0.2, 0.25) is 0 Å². The maximum absolute atomic E-state index is 10.8. The molecule has 1 aliphatic carbocycles. The van der Waals surface area contributed by atoms with Gasteiger partial charge < -0.3 is 10.4 Å². The van der Waals surface area contributed by atoms with Crippen LogP contribution < -0.4 is 5.32 Å². The molecule has 1 heterocycles. The summed E-state index contributed by atoms with van der Waals surface area (Å²) < 4.78 is 0. The van der Waals surface area contributed by atoms with Crippen LogP contribution in [0.3, 0.4) is 0 Å². The Kier molecular flexibility index (Phi) is 1.68. The van der Waals surface area contributed by atoms with Crippen molar-refractivity contribution in [3.8, 4) is 0 Å². The molecule has 1 aromatic rings. The van der Waals surface area contributed by atoms with E-state index in [1.807, 2.05) is 12.1 Å². The van der Waals surface area contributed by atoms with Crippen LogP contribution in [0.2, 0.25) is 0 Å². The first-order valence-electron chi connectivity index (χ1n) is 5.29. The highest BCUT2D eigenvalue weighted by atomic mass is 16.4. The highest BCUT2D eigenvalue weighted by Crippen LogP contribution is 2.50. The molecule has 1 fully saturated rings. The molecule has 0 amide bonds. The Bertz CT molecular complexity index is 435. The van der Waals surface area contributed by atoms with E-state index in [1.165, 1.54) is 24.0 Å². The summed E-state index contributed by atoms with van der Waals surface area (Å²) in [4.78, 5) is 10.8. The first-order valence-corrected chi connectivity index (χ1v) is 5.29. The SMILES string of the molecule is O=C(O)c1ccc2c(c1)CNCC21CC1. The fourth-order valence-electron chi connectivity index (χ4n) is 2.52. The molecule has 0 aromatic heterocycles. The van der Waals surface area contributed by atoms with Crippen molar-refractivity contribution >= 4 is 5.97 Å². The van der Waals surface area contributed by atoms with Crippen molar-refractivity contribution < 1.29 is 9.90 Å². The average molecular weight is 203 g/mol. The molecule has 0 unspecified atom stereocenters. The first-order chi connectivity index (χ1) is 7.21. The molecule has 1 aliphatic heterocycles. The zero-order chi connectivity index (χ0) is 10.5. The third-order valence-electron chi connectivity index (χ3n) is 3.56. The van der Waals surface area contributed by atoms with E-state index in [0.717, 1.165) is 13.1 Å². The summed E-state index contributed by atoms with van der Waals surface area (Å²) in [5.41, 5.74) is 3.27. The zero-order valence-electron chi connectivity index (χ0n) is 8.42. The topological polar surface area (TPSA) is 49.3 Å². The van der Waals surface area contributed by atoms with Gasteiger partial charge in [0, 0.05) is 18.5 Å². The summed E-state index contributed by atoms with van der Waals surface area (Å²) in [5, 5.41) is 12.3. The minimum Gasteiger partial charge on any atom is -0.478 e. The van der Waals surface area contributed by atoms with E-state index in [1.54, 1.807) is 6.07 Å². The van der Waals surface area contributed by atoms with Gasteiger partial charge in [-0.2, -0.15) is 0 Å². The molecule has 1 saturated carbocycles. The summed E-state index contributed by atoms with van der Waals surface area (Å²) >= 11 is 0. The number of hydrogen-bond donors (Lipinski definition) is 2. The highest BCUT2D eigenvalue weighted by Gasteiger charge is 2.46. The number of aromatic carboxylic acids is 1. The molecule has 0 radical (unpaired) electrons. The molecule has 2 N–H and O–H groups in total. The van der Waals surface area contributed by atoms with Crippen molar-refractivity contribution in [3.05, 3.63) is 34.9 Å². The summed E-state index contributed by atoms with van der Waals surface area (Å²) in [7, 11) is 0. The number of carboxylic acids is 1. The van der Waals surface area contributed by atoms with Gasteiger partial charge in [0.25, 0.3) is 0 Å². The Labute approximate surface area is 88.1 Å². The average Bonchev–Trinajstić information content (AvgIpc) is 2.98. The van der Waals surface area contributed by atoms with Crippen LogP contribution in [0.1, 0.15) is 34.3 Å². The van der Waals surface area contributed by atoms with Crippen molar-refractivity contribution in [2.45, 2.75) is 24.8 Å². The third-order valence-corrected chi connectivity index (χ3v) is 3.56. The van der Waals surface area contributed by atoms with Crippen LogP contribution in [-0.4, -0.2) is 17.6 Å². The predicted octanol–water partition coefficient (Wildman–Crippen LogP) is 1.52. The number of carboxylic acid groups (broad SMARTS) is 1. The van der Waals surface area contributed by atoms with Crippen LogP contribution in [0, 0.1) is 0 Å². The van der Waals surface area contributed by atoms with Crippen LogP contribution in [-0.2, 0) is 12.0 Å². The van der Waals surface area contributed by atoms with E-state index in [-0.39, 0.29) is 0 Å². The van der Waals surface area contributed by atoms with E-state index in [4.69, 9.17) is 5.11 Å². The van der Waals surface area contributed by atoms with Gasteiger partial charge in [0.05, 0.1) is 5.56 Å². The summed E-state index contributed by atoms with van der Waals surface area (Å²) in [6, 6.07) is 5.54. The highest BCUT2D eigenvalue weighted by molar-refractivity contribution is 5.88. The van der Waals surface area contributed by atoms with Crippen molar-refractivity contribution in [3.63, 3.8) is 0 Å². The number of nitrogens with one attached hydrogen (secondary N) is 1. The fraction of sp³-hybridized carbons (Fsp3) is 0.417. The Morgan fingerprint density at radius 3 is 2.87 bits per heavy atom. The molecule has 15 heavy (non-hydrogen) atoms. The molecule has 3 nitrogen and oxygen atoms in total. The van der Waals surface area contributed by atoms with E-state index >= 15 is 0 Å². The van der Waals surface area contributed by atoms with Gasteiger partial charge in [-0.15, -0.1) is 0 Å². The Morgan fingerprint density at radius 1 is 1.40 bits per heavy atom. The lowest BCUT2D eigenvalue weighted by molar-refractivity contribution is 0.0696. The Morgan fingerprint density at radius 2 is 2.20 bits per heavy atom. The van der Waals surface area contributed by atoms with Gasteiger partial charge in [0.1, 0.15) is 0 Å². The van der Waals surface area contributed by atoms with Gasteiger partial charge in [-0.25, -0.2) is 4.79 Å². The minimum atomic E-state index is -0.840. The molecule has 1 aromatic carbocycles. The summed E-state index contributed by atoms with van der Waals surface area (Å²) in [6.45, 7) is 1.85. The molecule has 0 bridgehead atoms. The van der Waals surface area contributed by atoms with Gasteiger partial charge in [-0.05, 0) is 36.1 Å². The molecule has 2 aliphatic rings. The molecule has 0 atom stereocenters. The zero-order valence-corrected chi connectivity index (χ0v) is 8.42. The lowest BCUT2D eigenvalue weighted by Gasteiger charge is -2.26. The third kappa shape index (κ3) is 1.27. The number of fused-ring (bicyclic) bond motifs is 2. The Balaban J connectivity index is 2.09. The number of rotatable bonds is 1. The summed E-state index contributed by atoms with van der Waals surface area (Å²) in [5.74, 6) is -0.840. The maximum atomic E-state index is 10.8. The van der Waals surface area contributed by atoms with E-state index in [0.29, 0.717) is 11.0 Å². The first kappa shape index (κ1) is 8.92. The number of hydrogen-bond acceptors (Lipinski definition) is 2. The van der Waals surface area contributed by atoms with Crippen molar-refractivity contribution in [2.75, 3.05) is 6.54 Å². The second-order valence-corrected chi connectivity index (χ2v) is 4.56. The van der Waals surface area contributed by atoms with Crippen LogP contribution in [0.4, 0.5) is 0 Å². The van der Waals surface area contributed by atoms with E-state index in [2.05, 4.69) is 5.32 Å². The summed E-state index contributed by atoms with van der Waals surface area (Å²) in [6.07, 6.45) is 2.47. The van der Waals surface area contributed by atoms with Crippen LogP contribution >= 0.6 is 0 Å².